The van der Waals surface area contributed by atoms with Crippen LogP contribution in [0.15, 0.2) is 30.3 Å². The van der Waals surface area contributed by atoms with Crippen LogP contribution in [0.4, 0.5) is 0 Å². The van der Waals surface area contributed by atoms with Crippen molar-refractivity contribution in [2.45, 2.75) is 0 Å². The van der Waals surface area contributed by atoms with Crippen molar-refractivity contribution >= 4 is 16.7 Å². The molecular weight excluding hydrogens is 216 g/mol. The number of fused-ring (bicyclic) bond motifs is 1. The molecule has 0 aliphatic heterocycles. The maximum atomic E-state index is 10.9. The van der Waals surface area contributed by atoms with Crippen LogP contribution in [0.3, 0.4) is 0 Å². The quantitative estimate of drug-likeness (QED) is 0.802. The average molecular weight is 222 g/mol. The lowest BCUT2D eigenvalue weighted by Crippen LogP contribution is -2.00. The van der Waals surface area contributed by atoms with Crippen LogP contribution in [0.1, 0.15) is 21.5 Å². The number of carboxylic acid groups (broad SMARTS) is 1. The lowest BCUT2D eigenvalue weighted by atomic mass is 10.0. The Labute approximate surface area is 96.9 Å². The smallest absolute Gasteiger partial charge is 0.337 e. The molecule has 0 saturated carbocycles. The Kier molecular flexibility index (Phi) is 2.48. The molecule has 4 heteroatoms. The number of aromatic carboxylic acids is 1. The van der Waals surface area contributed by atoms with E-state index >= 15 is 0 Å². The fourth-order valence-corrected chi connectivity index (χ4v) is 1.64. The molecule has 0 atom stereocenters. The van der Waals surface area contributed by atoms with Gasteiger partial charge >= 0.3 is 5.97 Å². The third-order valence-corrected chi connectivity index (χ3v) is 2.46. The highest BCUT2D eigenvalue weighted by Crippen LogP contribution is 2.21. The molecule has 0 amide bonds. The summed E-state index contributed by atoms with van der Waals surface area (Å²) in [6.45, 7) is 0. The van der Waals surface area contributed by atoms with Gasteiger partial charge in [-0.15, -0.1) is 0 Å². The fourth-order valence-electron chi connectivity index (χ4n) is 1.64. The number of carbonyl (C=O) groups is 1. The van der Waals surface area contributed by atoms with Crippen molar-refractivity contribution in [3.8, 4) is 12.1 Å². The molecule has 80 valence electrons. The van der Waals surface area contributed by atoms with Crippen LogP contribution in [0.2, 0.25) is 0 Å². The Hall–Kier alpha value is -2.85. The van der Waals surface area contributed by atoms with Crippen molar-refractivity contribution < 1.29 is 9.90 Å². The minimum absolute atomic E-state index is 0.0234. The monoisotopic (exact) mass is 222 g/mol. The molecule has 4 nitrogen and oxygen atoms in total. The minimum atomic E-state index is -1.13. The first-order valence-electron chi connectivity index (χ1n) is 4.77. The topological polar surface area (TPSA) is 84.9 Å². The Balaban J connectivity index is 2.80. The molecule has 2 aromatic rings. The third kappa shape index (κ3) is 1.80. The van der Waals surface area contributed by atoms with Gasteiger partial charge in [-0.2, -0.15) is 10.5 Å². The summed E-state index contributed by atoms with van der Waals surface area (Å²) >= 11 is 0. The van der Waals surface area contributed by atoms with E-state index in [1.54, 1.807) is 18.2 Å². The van der Waals surface area contributed by atoms with Gasteiger partial charge in [0.1, 0.15) is 6.07 Å². The number of hydrogen-bond acceptors (Lipinski definition) is 3. The van der Waals surface area contributed by atoms with E-state index in [1.807, 2.05) is 12.1 Å². The van der Waals surface area contributed by atoms with Crippen LogP contribution in [-0.2, 0) is 0 Å². The van der Waals surface area contributed by atoms with Gasteiger partial charge in [0.15, 0.2) is 0 Å². The molecule has 0 aliphatic rings. The maximum Gasteiger partial charge on any atom is 0.337 e. The van der Waals surface area contributed by atoms with Crippen LogP contribution in [0.5, 0.6) is 0 Å². The second-order valence-electron chi connectivity index (χ2n) is 3.49. The summed E-state index contributed by atoms with van der Waals surface area (Å²) in [6.07, 6.45) is 0. The number of rotatable bonds is 1. The van der Waals surface area contributed by atoms with Gasteiger partial charge < -0.3 is 5.11 Å². The summed E-state index contributed by atoms with van der Waals surface area (Å²) in [5, 5.41) is 28.0. The van der Waals surface area contributed by atoms with Gasteiger partial charge in [0, 0.05) is 0 Å². The molecule has 0 radical (unpaired) electrons. The highest BCUT2D eigenvalue weighted by atomic mass is 16.4. The molecule has 0 aromatic heterocycles. The lowest BCUT2D eigenvalue weighted by molar-refractivity contribution is 0.0696. The van der Waals surface area contributed by atoms with E-state index in [0.717, 1.165) is 0 Å². The van der Waals surface area contributed by atoms with Crippen molar-refractivity contribution in [2.24, 2.45) is 0 Å². The van der Waals surface area contributed by atoms with E-state index in [2.05, 4.69) is 0 Å². The fraction of sp³-hybridized carbons (Fsp3) is 0. The van der Waals surface area contributed by atoms with Gasteiger partial charge in [-0.3, -0.25) is 0 Å². The largest absolute Gasteiger partial charge is 0.478 e. The van der Waals surface area contributed by atoms with Crippen LogP contribution in [0, 0.1) is 22.7 Å². The summed E-state index contributed by atoms with van der Waals surface area (Å²) in [5.41, 5.74) is 0.550. The lowest BCUT2D eigenvalue weighted by Gasteiger charge is -2.02. The highest BCUT2D eigenvalue weighted by molar-refractivity contribution is 5.97. The predicted molar refractivity (Wildman–Crippen MR) is 60.3 cm³/mol. The van der Waals surface area contributed by atoms with E-state index in [-0.39, 0.29) is 11.1 Å². The van der Waals surface area contributed by atoms with Crippen molar-refractivity contribution in [3.63, 3.8) is 0 Å². The van der Waals surface area contributed by atoms with E-state index in [9.17, 15) is 4.79 Å². The van der Waals surface area contributed by atoms with Crippen LogP contribution in [0.25, 0.3) is 10.8 Å². The van der Waals surface area contributed by atoms with E-state index < -0.39 is 5.97 Å². The van der Waals surface area contributed by atoms with Gasteiger partial charge in [-0.05, 0) is 35.0 Å². The Morgan fingerprint density at radius 2 is 1.82 bits per heavy atom. The Morgan fingerprint density at radius 3 is 2.41 bits per heavy atom. The predicted octanol–water partition coefficient (Wildman–Crippen LogP) is 2.28. The summed E-state index contributed by atoms with van der Waals surface area (Å²) < 4.78 is 0. The zero-order valence-electron chi connectivity index (χ0n) is 8.64. The molecule has 1 N–H and O–H groups in total. The maximum absolute atomic E-state index is 10.9. The van der Waals surface area contributed by atoms with Crippen LogP contribution < -0.4 is 0 Å². The number of hydrogen-bond donors (Lipinski definition) is 1. The number of nitriles is 2. The average Bonchev–Trinajstić information content (AvgIpc) is 2.36. The molecule has 0 saturated heterocycles. The zero-order valence-corrected chi connectivity index (χ0v) is 8.64. The molecule has 0 fully saturated rings. The first-order chi connectivity index (χ1) is 8.15. The van der Waals surface area contributed by atoms with Gasteiger partial charge in [-0.25, -0.2) is 4.79 Å². The van der Waals surface area contributed by atoms with Crippen molar-refractivity contribution in [1.82, 2.24) is 0 Å². The first-order valence-corrected chi connectivity index (χ1v) is 4.77. The van der Waals surface area contributed by atoms with Gasteiger partial charge in [0.25, 0.3) is 0 Å². The highest BCUT2D eigenvalue weighted by Gasteiger charge is 2.11. The third-order valence-electron chi connectivity index (χ3n) is 2.46. The SMILES string of the molecule is N#Cc1ccc2cc(C(=O)O)c(C#N)cc2c1. The van der Waals surface area contributed by atoms with Gasteiger partial charge in [-0.1, -0.05) is 6.07 Å². The summed E-state index contributed by atoms with van der Waals surface area (Å²) in [5.74, 6) is -1.13. The molecular formula is C13H6N2O2. The van der Waals surface area contributed by atoms with E-state index in [4.69, 9.17) is 15.6 Å². The molecule has 0 spiro atoms. The zero-order chi connectivity index (χ0) is 12.4. The van der Waals surface area contributed by atoms with Gasteiger partial charge in [0.05, 0.1) is 22.8 Å². The molecule has 0 bridgehead atoms. The standard InChI is InChI=1S/C13H6N2O2/c14-6-8-1-2-9-5-12(13(16)17)11(7-15)4-10(9)3-8/h1-5H,(H,16,17). The van der Waals surface area contributed by atoms with Crippen molar-refractivity contribution in [1.29, 1.82) is 10.5 Å². The van der Waals surface area contributed by atoms with Crippen molar-refractivity contribution in [3.05, 3.63) is 47.0 Å². The number of nitrogens with zero attached hydrogens (tertiary/aromatic N) is 2. The molecule has 2 aromatic carbocycles. The molecule has 2 rings (SSSR count). The molecule has 0 heterocycles. The normalized spacial score (nSPS) is 9.53. The summed E-state index contributed by atoms with van der Waals surface area (Å²) in [4.78, 5) is 10.9. The Bertz CT molecular complexity index is 706. The summed E-state index contributed by atoms with van der Waals surface area (Å²) in [6, 6.07) is 11.7. The van der Waals surface area contributed by atoms with Crippen LogP contribution >= 0.6 is 0 Å². The number of benzene rings is 2. The minimum Gasteiger partial charge on any atom is -0.478 e. The second-order valence-corrected chi connectivity index (χ2v) is 3.49. The Morgan fingerprint density at radius 1 is 1.06 bits per heavy atom. The second kappa shape index (κ2) is 3.96. The van der Waals surface area contributed by atoms with Gasteiger partial charge in [0.2, 0.25) is 0 Å². The van der Waals surface area contributed by atoms with Crippen molar-refractivity contribution in [2.75, 3.05) is 0 Å². The van der Waals surface area contributed by atoms with E-state index in [0.29, 0.717) is 16.3 Å². The molecule has 17 heavy (non-hydrogen) atoms. The molecule has 0 aliphatic carbocycles. The summed E-state index contributed by atoms with van der Waals surface area (Å²) in [7, 11) is 0. The first kappa shape index (κ1) is 10.7. The van der Waals surface area contributed by atoms with Crippen LogP contribution in [-0.4, -0.2) is 11.1 Å². The molecule has 0 unspecified atom stereocenters. The van der Waals surface area contributed by atoms with E-state index in [1.165, 1.54) is 12.1 Å². The number of carboxylic acids is 1.